The van der Waals surface area contributed by atoms with Gasteiger partial charge in [0.1, 0.15) is 12.4 Å². The number of rotatable bonds is 3. The Balaban J connectivity index is 1.78. The van der Waals surface area contributed by atoms with Crippen molar-refractivity contribution in [1.82, 2.24) is 0 Å². The maximum atomic E-state index is 5.91. The molecule has 0 atom stereocenters. The van der Waals surface area contributed by atoms with Crippen molar-refractivity contribution in [3.8, 4) is 5.75 Å². The van der Waals surface area contributed by atoms with E-state index < -0.39 is 0 Å². The first-order valence-corrected chi connectivity index (χ1v) is 7.65. The molecule has 0 aliphatic heterocycles. The Labute approximate surface area is 136 Å². The molecule has 106 valence electrons. The molecule has 0 unspecified atom stereocenters. The minimum Gasteiger partial charge on any atom is -0.489 e. The van der Waals surface area contributed by atoms with Crippen LogP contribution in [0.3, 0.4) is 0 Å². The maximum Gasteiger partial charge on any atom is 0.120 e. The SMILES string of the molecule is Nc1cc(COc2ccc3cc(Br)ccc3c2)ccc1Cl. The van der Waals surface area contributed by atoms with Crippen molar-refractivity contribution >= 4 is 44.0 Å². The second-order valence-electron chi connectivity index (χ2n) is 4.80. The molecule has 3 rings (SSSR count). The van der Waals surface area contributed by atoms with Crippen LogP contribution < -0.4 is 10.5 Å². The van der Waals surface area contributed by atoms with Gasteiger partial charge < -0.3 is 10.5 Å². The largest absolute Gasteiger partial charge is 0.489 e. The molecule has 0 radical (unpaired) electrons. The smallest absolute Gasteiger partial charge is 0.120 e. The van der Waals surface area contributed by atoms with Gasteiger partial charge in [-0.05, 0) is 52.7 Å². The van der Waals surface area contributed by atoms with Crippen LogP contribution in [0.4, 0.5) is 5.69 Å². The fourth-order valence-corrected chi connectivity index (χ4v) is 2.63. The Hall–Kier alpha value is -1.71. The van der Waals surface area contributed by atoms with E-state index in [9.17, 15) is 0 Å². The summed E-state index contributed by atoms with van der Waals surface area (Å²) in [5.74, 6) is 0.832. The highest BCUT2D eigenvalue weighted by Crippen LogP contribution is 2.25. The van der Waals surface area contributed by atoms with E-state index in [1.165, 1.54) is 5.39 Å². The molecule has 4 heteroatoms. The van der Waals surface area contributed by atoms with Crippen molar-refractivity contribution in [2.24, 2.45) is 0 Å². The monoisotopic (exact) mass is 361 g/mol. The summed E-state index contributed by atoms with van der Waals surface area (Å²) in [6.07, 6.45) is 0. The van der Waals surface area contributed by atoms with Crippen LogP contribution in [0.2, 0.25) is 5.02 Å². The van der Waals surface area contributed by atoms with E-state index in [1.807, 2.05) is 36.4 Å². The van der Waals surface area contributed by atoms with Gasteiger partial charge in [0.15, 0.2) is 0 Å². The summed E-state index contributed by atoms with van der Waals surface area (Å²) >= 11 is 9.38. The van der Waals surface area contributed by atoms with Crippen LogP contribution in [-0.4, -0.2) is 0 Å². The molecule has 0 aliphatic rings. The summed E-state index contributed by atoms with van der Waals surface area (Å²) in [4.78, 5) is 0. The predicted octanol–water partition coefficient (Wildman–Crippen LogP) is 5.42. The number of hydrogen-bond donors (Lipinski definition) is 1. The van der Waals surface area contributed by atoms with Crippen LogP contribution in [0.15, 0.2) is 59.1 Å². The zero-order valence-corrected chi connectivity index (χ0v) is 13.5. The van der Waals surface area contributed by atoms with E-state index in [0.717, 1.165) is 21.2 Å². The third-order valence-corrected chi connectivity index (χ3v) is 4.08. The third kappa shape index (κ3) is 3.31. The van der Waals surface area contributed by atoms with Gasteiger partial charge in [0.25, 0.3) is 0 Å². The third-order valence-electron chi connectivity index (χ3n) is 3.24. The fourth-order valence-electron chi connectivity index (χ4n) is 2.13. The molecule has 3 aromatic rings. The molecular formula is C17H13BrClNO. The van der Waals surface area contributed by atoms with E-state index in [2.05, 4.69) is 28.1 Å². The zero-order valence-electron chi connectivity index (χ0n) is 11.1. The van der Waals surface area contributed by atoms with Gasteiger partial charge in [-0.3, -0.25) is 0 Å². The quantitative estimate of drug-likeness (QED) is 0.632. The Bertz CT molecular complexity index is 804. The highest BCUT2D eigenvalue weighted by Gasteiger charge is 2.02. The Kier molecular flexibility index (Phi) is 4.04. The molecule has 0 spiro atoms. The lowest BCUT2D eigenvalue weighted by Gasteiger charge is -2.09. The number of hydrogen-bond acceptors (Lipinski definition) is 2. The molecule has 21 heavy (non-hydrogen) atoms. The van der Waals surface area contributed by atoms with Gasteiger partial charge in [0.05, 0.1) is 10.7 Å². The predicted molar refractivity (Wildman–Crippen MR) is 91.8 cm³/mol. The van der Waals surface area contributed by atoms with E-state index in [4.69, 9.17) is 22.1 Å². The molecule has 2 nitrogen and oxygen atoms in total. The molecule has 0 saturated heterocycles. The first kappa shape index (κ1) is 14.2. The summed E-state index contributed by atoms with van der Waals surface area (Å²) in [5, 5.41) is 2.88. The molecule has 0 amide bonds. The average Bonchev–Trinajstić information content (AvgIpc) is 2.48. The van der Waals surface area contributed by atoms with E-state index in [-0.39, 0.29) is 0 Å². The molecule has 0 bridgehead atoms. The van der Waals surface area contributed by atoms with Gasteiger partial charge in [-0.25, -0.2) is 0 Å². The van der Waals surface area contributed by atoms with Crippen LogP contribution >= 0.6 is 27.5 Å². The van der Waals surface area contributed by atoms with Crippen LogP contribution in [0.1, 0.15) is 5.56 Å². The van der Waals surface area contributed by atoms with Crippen molar-refractivity contribution in [1.29, 1.82) is 0 Å². The number of anilines is 1. The Morgan fingerprint density at radius 1 is 0.952 bits per heavy atom. The van der Waals surface area contributed by atoms with Crippen molar-refractivity contribution in [2.75, 3.05) is 5.73 Å². The van der Waals surface area contributed by atoms with E-state index in [1.54, 1.807) is 6.07 Å². The minimum absolute atomic E-state index is 0.462. The van der Waals surface area contributed by atoms with Gasteiger partial charge in [-0.15, -0.1) is 0 Å². The fraction of sp³-hybridized carbons (Fsp3) is 0.0588. The van der Waals surface area contributed by atoms with Crippen molar-refractivity contribution in [2.45, 2.75) is 6.61 Å². The maximum absolute atomic E-state index is 5.91. The summed E-state index contributed by atoms with van der Waals surface area (Å²) in [6.45, 7) is 0.462. The number of nitrogen functional groups attached to an aromatic ring is 1. The van der Waals surface area contributed by atoms with Gasteiger partial charge >= 0.3 is 0 Å². The summed E-state index contributed by atoms with van der Waals surface area (Å²) in [6, 6.07) is 17.7. The average molecular weight is 363 g/mol. The number of fused-ring (bicyclic) bond motifs is 1. The summed E-state index contributed by atoms with van der Waals surface area (Å²) in [7, 11) is 0. The number of ether oxygens (including phenoxy) is 1. The second-order valence-corrected chi connectivity index (χ2v) is 6.12. The molecule has 0 aromatic heterocycles. The van der Waals surface area contributed by atoms with Gasteiger partial charge in [0, 0.05) is 4.47 Å². The topological polar surface area (TPSA) is 35.2 Å². The number of nitrogens with two attached hydrogens (primary N) is 1. The lowest BCUT2D eigenvalue weighted by Crippen LogP contribution is -1.97. The Morgan fingerprint density at radius 3 is 2.52 bits per heavy atom. The molecule has 0 aliphatic carbocycles. The van der Waals surface area contributed by atoms with E-state index in [0.29, 0.717) is 17.3 Å². The normalized spacial score (nSPS) is 10.8. The molecule has 0 fully saturated rings. The highest BCUT2D eigenvalue weighted by molar-refractivity contribution is 9.10. The van der Waals surface area contributed by atoms with Crippen molar-refractivity contribution in [3.05, 3.63) is 69.7 Å². The summed E-state index contributed by atoms with van der Waals surface area (Å²) in [5.41, 5.74) is 7.35. The van der Waals surface area contributed by atoms with Gasteiger partial charge in [-0.2, -0.15) is 0 Å². The Morgan fingerprint density at radius 2 is 1.71 bits per heavy atom. The molecule has 2 N–H and O–H groups in total. The molecule has 0 heterocycles. The van der Waals surface area contributed by atoms with Gasteiger partial charge in [0.2, 0.25) is 0 Å². The molecule has 3 aromatic carbocycles. The first-order chi connectivity index (χ1) is 10.1. The lowest BCUT2D eigenvalue weighted by atomic mass is 10.1. The highest BCUT2D eigenvalue weighted by atomic mass is 79.9. The van der Waals surface area contributed by atoms with Crippen LogP contribution in [0, 0.1) is 0 Å². The molecular weight excluding hydrogens is 350 g/mol. The van der Waals surface area contributed by atoms with Crippen LogP contribution in [-0.2, 0) is 6.61 Å². The van der Waals surface area contributed by atoms with E-state index >= 15 is 0 Å². The number of benzene rings is 3. The van der Waals surface area contributed by atoms with Gasteiger partial charge in [-0.1, -0.05) is 45.7 Å². The standard InChI is InChI=1S/C17H13BrClNO/c18-14-4-2-13-9-15(5-3-12(13)8-14)21-10-11-1-6-16(19)17(20)7-11/h1-9H,10,20H2. The summed E-state index contributed by atoms with van der Waals surface area (Å²) < 4.78 is 6.88. The zero-order chi connectivity index (χ0) is 14.8. The van der Waals surface area contributed by atoms with Crippen LogP contribution in [0.5, 0.6) is 5.75 Å². The van der Waals surface area contributed by atoms with Crippen molar-refractivity contribution < 1.29 is 4.74 Å². The minimum atomic E-state index is 0.462. The lowest BCUT2D eigenvalue weighted by molar-refractivity contribution is 0.307. The van der Waals surface area contributed by atoms with Crippen molar-refractivity contribution in [3.63, 3.8) is 0 Å². The van der Waals surface area contributed by atoms with Crippen LogP contribution in [0.25, 0.3) is 10.8 Å². The first-order valence-electron chi connectivity index (χ1n) is 6.48. The second kappa shape index (κ2) is 5.96. The number of halogens is 2. The molecule has 0 saturated carbocycles.